The van der Waals surface area contributed by atoms with Crippen molar-refractivity contribution in [1.82, 2.24) is 0 Å². The monoisotopic (exact) mass is 353 g/mol. The predicted octanol–water partition coefficient (Wildman–Crippen LogP) is 1.34. The third-order valence-corrected chi connectivity index (χ3v) is 6.84. The van der Waals surface area contributed by atoms with Gasteiger partial charge in [0.1, 0.15) is 12.2 Å². The maximum absolute atomic E-state index is 14.2. The number of carbonyl (C=O) groups excluding carboxylic acids is 1. The van der Waals surface area contributed by atoms with E-state index in [-0.39, 0.29) is 34.0 Å². The normalized spacial score (nSPS) is 27.0. The number of rotatable bonds is 2. The number of amidine groups is 1. The lowest BCUT2D eigenvalue weighted by Gasteiger charge is -2.24. The number of para-hydroxylation sites is 1. The quantitative estimate of drug-likeness (QED) is 0.797. The molecule has 3 rings (SSSR count). The SMILES string of the molecule is N#CCC(=O)N=C1S[C@H]2CS(=O)(=O)C[C@H]2N1c1ccccc1F. The third-order valence-electron chi connectivity index (χ3n) is 3.63. The second-order valence-electron chi connectivity index (χ2n) is 5.24. The van der Waals surface area contributed by atoms with Crippen molar-refractivity contribution in [2.45, 2.75) is 17.7 Å². The number of halogens is 1. The largest absolute Gasteiger partial charge is 0.313 e. The summed E-state index contributed by atoms with van der Waals surface area (Å²) in [7, 11) is -3.20. The molecule has 120 valence electrons. The van der Waals surface area contributed by atoms with Gasteiger partial charge in [-0.3, -0.25) is 4.79 Å². The summed E-state index contributed by atoms with van der Waals surface area (Å²) in [6, 6.07) is 7.21. The summed E-state index contributed by atoms with van der Waals surface area (Å²) in [5.41, 5.74) is 0.188. The maximum atomic E-state index is 14.2. The highest BCUT2D eigenvalue weighted by atomic mass is 32.2. The topological polar surface area (TPSA) is 90.6 Å². The summed E-state index contributed by atoms with van der Waals surface area (Å²) in [5, 5.41) is 8.52. The Morgan fingerprint density at radius 2 is 2.17 bits per heavy atom. The van der Waals surface area contributed by atoms with Crippen molar-refractivity contribution in [2.24, 2.45) is 4.99 Å². The lowest BCUT2D eigenvalue weighted by atomic mass is 10.2. The van der Waals surface area contributed by atoms with Crippen LogP contribution in [0.5, 0.6) is 0 Å². The summed E-state index contributed by atoms with van der Waals surface area (Å²) in [6.07, 6.45) is -0.372. The number of benzene rings is 1. The van der Waals surface area contributed by atoms with E-state index in [0.29, 0.717) is 0 Å². The predicted molar refractivity (Wildman–Crippen MR) is 85.4 cm³/mol. The first-order valence-electron chi connectivity index (χ1n) is 6.80. The number of hydrogen-bond donors (Lipinski definition) is 0. The van der Waals surface area contributed by atoms with E-state index in [4.69, 9.17) is 5.26 Å². The second kappa shape index (κ2) is 5.94. The smallest absolute Gasteiger partial charge is 0.262 e. The average Bonchev–Trinajstić information content (AvgIpc) is 2.91. The van der Waals surface area contributed by atoms with Gasteiger partial charge in [0.2, 0.25) is 0 Å². The number of fused-ring (bicyclic) bond motifs is 1. The van der Waals surface area contributed by atoms with Crippen molar-refractivity contribution in [2.75, 3.05) is 16.4 Å². The summed E-state index contributed by atoms with van der Waals surface area (Å²) in [6.45, 7) is 0. The minimum absolute atomic E-state index is 0.0290. The van der Waals surface area contributed by atoms with Crippen molar-refractivity contribution < 1.29 is 17.6 Å². The summed E-state index contributed by atoms with van der Waals surface area (Å²) < 4.78 is 37.9. The molecule has 2 aliphatic rings. The molecule has 9 heteroatoms. The van der Waals surface area contributed by atoms with Crippen molar-refractivity contribution in [3.8, 4) is 6.07 Å². The molecule has 0 bridgehead atoms. The molecule has 23 heavy (non-hydrogen) atoms. The van der Waals surface area contributed by atoms with Crippen molar-refractivity contribution in [3.63, 3.8) is 0 Å². The Labute approximate surface area is 136 Å². The zero-order valence-electron chi connectivity index (χ0n) is 11.8. The lowest BCUT2D eigenvalue weighted by molar-refractivity contribution is -0.116. The van der Waals surface area contributed by atoms with Crippen LogP contribution in [0, 0.1) is 17.1 Å². The van der Waals surface area contributed by atoms with Gasteiger partial charge in [-0.25, -0.2) is 12.8 Å². The highest BCUT2D eigenvalue weighted by Crippen LogP contribution is 2.41. The Morgan fingerprint density at radius 1 is 1.43 bits per heavy atom. The Bertz CT molecular complexity index is 832. The summed E-state index contributed by atoms with van der Waals surface area (Å²) in [5.74, 6) is -1.28. The molecule has 1 aromatic rings. The molecule has 2 saturated heterocycles. The number of amides is 1. The van der Waals surface area contributed by atoms with Crippen LogP contribution in [0.3, 0.4) is 0 Å². The number of sulfone groups is 1. The highest BCUT2D eigenvalue weighted by Gasteiger charge is 2.49. The van der Waals surface area contributed by atoms with Gasteiger partial charge < -0.3 is 4.90 Å². The molecule has 2 aliphatic heterocycles. The molecule has 2 atom stereocenters. The van der Waals surface area contributed by atoms with Gasteiger partial charge >= 0.3 is 0 Å². The Kier molecular flexibility index (Phi) is 4.12. The van der Waals surface area contributed by atoms with Crippen LogP contribution in [0.2, 0.25) is 0 Å². The molecule has 1 aromatic carbocycles. The van der Waals surface area contributed by atoms with Crippen LogP contribution in [0.4, 0.5) is 10.1 Å². The van der Waals surface area contributed by atoms with Gasteiger partial charge in [-0.05, 0) is 12.1 Å². The van der Waals surface area contributed by atoms with Gasteiger partial charge in [0.25, 0.3) is 5.91 Å². The minimum Gasteiger partial charge on any atom is -0.313 e. The number of carbonyl (C=O) groups is 1. The van der Waals surface area contributed by atoms with Crippen molar-refractivity contribution in [3.05, 3.63) is 30.1 Å². The maximum Gasteiger partial charge on any atom is 0.262 e. The van der Waals surface area contributed by atoms with Gasteiger partial charge in [-0.1, -0.05) is 23.9 Å². The van der Waals surface area contributed by atoms with E-state index in [2.05, 4.69) is 4.99 Å². The van der Waals surface area contributed by atoms with Crippen LogP contribution in [-0.4, -0.2) is 42.3 Å². The van der Waals surface area contributed by atoms with E-state index in [9.17, 15) is 17.6 Å². The number of nitriles is 1. The zero-order valence-corrected chi connectivity index (χ0v) is 13.5. The Balaban J connectivity index is 2.03. The molecule has 6 nitrogen and oxygen atoms in total. The lowest BCUT2D eigenvalue weighted by Crippen LogP contribution is -2.38. The van der Waals surface area contributed by atoms with Crippen molar-refractivity contribution in [1.29, 1.82) is 5.26 Å². The van der Waals surface area contributed by atoms with Gasteiger partial charge in [-0.15, -0.1) is 0 Å². The number of thioether (sulfide) groups is 1. The van der Waals surface area contributed by atoms with Crippen LogP contribution < -0.4 is 4.90 Å². The van der Waals surface area contributed by atoms with Gasteiger partial charge in [-0.2, -0.15) is 10.3 Å². The number of aliphatic imine (C=N–C) groups is 1. The van der Waals surface area contributed by atoms with Crippen molar-refractivity contribution >= 4 is 38.4 Å². The highest BCUT2D eigenvalue weighted by molar-refractivity contribution is 8.16. The second-order valence-corrected chi connectivity index (χ2v) is 8.61. The van der Waals surface area contributed by atoms with E-state index in [1.165, 1.54) is 23.1 Å². The number of anilines is 1. The van der Waals surface area contributed by atoms with Crippen LogP contribution in [0.15, 0.2) is 29.3 Å². The molecule has 2 fully saturated rings. The van der Waals surface area contributed by atoms with E-state index in [1.54, 1.807) is 12.1 Å². The van der Waals surface area contributed by atoms with Gasteiger partial charge in [0.15, 0.2) is 15.0 Å². The third kappa shape index (κ3) is 3.09. The van der Waals surface area contributed by atoms with E-state index in [1.807, 2.05) is 0 Å². The molecule has 1 amide bonds. The van der Waals surface area contributed by atoms with Crippen LogP contribution in [0.25, 0.3) is 0 Å². The van der Waals surface area contributed by atoms with E-state index < -0.39 is 27.6 Å². The summed E-state index contributed by atoms with van der Waals surface area (Å²) in [4.78, 5) is 17.0. The Morgan fingerprint density at radius 3 is 2.87 bits per heavy atom. The molecular weight excluding hydrogens is 341 g/mol. The first-order valence-corrected chi connectivity index (χ1v) is 9.51. The molecule has 0 aromatic heterocycles. The van der Waals surface area contributed by atoms with Crippen LogP contribution in [0.1, 0.15) is 6.42 Å². The molecule has 0 N–H and O–H groups in total. The van der Waals surface area contributed by atoms with E-state index >= 15 is 0 Å². The number of hydrogen-bond acceptors (Lipinski definition) is 5. The molecule has 2 heterocycles. The zero-order chi connectivity index (χ0) is 16.6. The molecule has 0 aliphatic carbocycles. The Hall–Kier alpha value is -1.92. The van der Waals surface area contributed by atoms with Gasteiger partial charge in [0.05, 0.1) is 29.3 Å². The summed E-state index contributed by atoms with van der Waals surface area (Å²) >= 11 is 1.15. The number of nitrogens with zero attached hydrogens (tertiary/aromatic N) is 3. The fourth-order valence-electron chi connectivity index (χ4n) is 2.71. The van der Waals surface area contributed by atoms with E-state index in [0.717, 1.165) is 11.8 Å². The minimum atomic E-state index is -3.20. The fourth-order valence-corrected chi connectivity index (χ4v) is 6.63. The van der Waals surface area contributed by atoms with Crippen LogP contribution in [-0.2, 0) is 14.6 Å². The van der Waals surface area contributed by atoms with Gasteiger partial charge in [0, 0.05) is 5.25 Å². The average molecular weight is 353 g/mol. The first-order chi connectivity index (χ1) is 10.9. The first kappa shape index (κ1) is 16.0. The molecule has 0 saturated carbocycles. The molecule has 0 unspecified atom stereocenters. The van der Waals surface area contributed by atoms with Crippen LogP contribution >= 0.6 is 11.8 Å². The molecular formula is C14H12FN3O3S2. The standard InChI is InChI=1S/C14H12FN3O3S2/c15-9-3-1-2-4-10(9)18-11-7-23(20,21)8-12(11)22-14(18)17-13(19)5-6-16/h1-4,11-12H,5,7-8H2/t11-,12+/m1/s1. The molecule has 0 radical (unpaired) electrons. The molecule has 0 spiro atoms. The fraction of sp³-hybridized carbons (Fsp3) is 0.357.